The fourth-order valence-electron chi connectivity index (χ4n) is 0.716. The SMILES string of the molecule is S=C([S-])SCc1ccccc1.[K+]. The molecule has 0 fully saturated rings. The maximum absolute atomic E-state index is 4.77. The first-order valence-electron chi connectivity index (χ1n) is 3.17. The minimum absolute atomic E-state index is 0. The molecule has 1 aromatic rings. The van der Waals surface area contributed by atoms with Crippen molar-refractivity contribution < 1.29 is 51.4 Å². The topological polar surface area (TPSA) is 0 Å². The Morgan fingerprint density at radius 3 is 2.42 bits per heavy atom. The smallest absolute Gasteiger partial charge is 0.422 e. The number of rotatable bonds is 2. The second-order valence-corrected chi connectivity index (χ2v) is 4.60. The Morgan fingerprint density at radius 2 is 1.92 bits per heavy atom. The van der Waals surface area contributed by atoms with Crippen molar-refractivity contribution in [3.63, 3.8) is 0 Å². The van der Waals surface area contributed by atoms with Crippen molar-refractivity contribution in [2.45, 2.75) is 5.75 Å². The maximum Gasteiger partial charge on any atom is 1.00 e. The van der Waals surface area contributed by atoms with Gasteiger partial charge in [0, 0.05) is 5.75 Å². The fraction of sp³-hybridized carbons (Fsp3) is 0.125. The molecule has 0 atom stereocenters. The predicted octanol–water partition coefficient (Wildman–Crippen LogP) is -0.244. The van der Waals surface area contributed by atoms with Crippen molar-refractivity contribution in [3.05, 3.63) is 35.9 Å². The van der Waals surface area contributed by atoms with Gasteiger partial charge in [0.1, 0.15) is 0 Å². The van der Waals surface area contributed by atoms with Crippen LogP contribution in [0, 0.1) is 0 Å². The van der Waals surface area contributed by atoms with Gasteiger partial charge in [-0.15, -0.1) is 11.8 Å². The van der Waals surface area contributed by atoms with E-state index in [-0.39, 0.29) is 51.4 Å². The number of hydrogen-bond donors (Lipinski definition) is 0. The normalized spacial score (nSPS) is 8.67. The van der Waals surface area contributed by atoms with Crippen LogP contribution in [0.25, 0.3) is 0 Å². The Labute approximate surface area is 131 Å². The summed E-state index contributed by atoms with van der Waals surface area (Å²) in [6.07, 6.45) is 0. The quantitative estimate of drug-likeness (QED) is 0.396. The van der Waals surface area contributed by atoms with E-state index in [1.165, 1.54) is 17.3 Å². The summed E-state index contributed by atoms with van der Waals surface area (Å²) in [4.78, 5) is 0. The molecule has 0 aliphatic rings. The number of thioether (sulfide) groups is 1. The molecule has 0 bridgehead atoms. The van der Waals surface area contributed by atoms with Crippen LogP contribution in [0.5, 0.6) is 0 Å². The Balaban J connectivity index is 0.00000121. The molecular weight excluding hydrogens is 231 g/mol. The van der Waals surface area contributed by atoms with Crippen LogP contribution < -0.4 is 51.4 Å². The molecule has 0 aliphatic carbocycles. The monoisotopic (exact) mass is 238 g/mol. The van der Waals surface area contributed by atoms with Crippen LogP contribution in [0.1, 0.15) is 5.56 Å². The molecule has 4 heteroatoms. The molecule has 0 aromatic heterocycles. The van der Waals surface area contributed by atoms with Gasteiger partial charge < -0.3 is 24.8 Å². The first kappa shape index (κ1) is 13.5. The second kappa shape index (κ2) is 7.88. The fourth-order valence-corrected chi connectivity index (χ4v) is 1.55. The van der Waals surface area contributed by atoms with Gasteiger partial charge in [-0.2, -0.15) is 0 Å². The minimum Gasteiger partial charge on any atom is -0.422 e. The molecular formula is C8H7KS3. The van der Waals surface area contributed by atoms with Crippen LogP contribution in [-0.4, -0.2) is 3.53 Å². The Morgan fingerprint density at radius 1 is 1.33 bits per heavy atom. The summed E-state index contributed by atoms with van der Waals surface area (Å²) in [5, 5.41) is 0. The van der Waals surface area contributed by atoms with Gasteiger partial charge in [-0.1, -0.05) is 33.9 Å². The van der Waals surface area contributed by atoms with E-state index in [9.17, 15) is 0 Å². The third-order valence-corrected chi connectivity index (χ3v) is 2.62. The van der Waals surface area contributed by atoms with Crippen LogP contribution >= 0.6 is 24.0 Å². The zero-order valence-electron chi connectivity index (χ0n) is 6.82. The van der Waals surface area contributed by atoms with E-state index in [1.807, 2.05) is 18.2 Å². The minimum atomic E-state index is 0. The van der Waals surface area contributed by atoms with Crippen molar-refractivity contribution in [2.24, 2.45) is 0 Å². The van der Waals surface area contributed by atoms with E-state index in [0.29, 0.717) is 3.53 Å². The van der Waals surface area contributed by atoms with Crippen molar-refractivity contribution in [1.82, 2.24) is 0 Å². The van der Waals surface area contributed by atoms with Crippen LogP contribution in [0.2, 0.25) is 0 Å². The predicted molar refractivity (Wildman–Crippen MR) is 57.7 cm³/mol. The molecule has 0 radical (unpaired) electrons. The second-order valence-electron chi connectivity index (χ2n) is 2.02. The zero-order chi connectivity index (χ0) is 8.10. The van der Waals surface area contributed by atoms with Gasteiger partial charge >= 0.3 is 51.4 Å². The molecule has 0 amide bonds. The van der Waals surface area contributed by atoms with Crippen LogP contribution in [0.15, 0.2) is 30.3 Å². The molecule has 0 saturated heterocycles. The van der Waals surface area contributed by atoms with Gasteiger partial charge in [0.05, 0.1) is 0 Å². The largest absolute Gasteiger partial charge is 1.00 e. The molecule has 0 unspecified atom stereocenters. The summed E-state index contributed by atoms with van der Waals surface area (Å²) in [6.45, 7) is 0. The van der Waals surface area contributed by atoms with Crippen molar-refractivity contribution >= 4 is 40.1 Å². The summed E-state index contributed by atoms with van der Waals surface area (Å²) in [5.41, 5.74) is 1.27. The van der Waals surface area contributed by atoms with Gasteiger partial charge in [-0.3, -0.25) is 0 Å². The number of benzene rings is 1. The third kappa shape index (κ3) is 6.04. The summed E-state index contributed by atoms with van der Waals surface area (Å²) in [7, 11) is 0. The first-order valence-corrected chi connectivity index (χ1v) is 4.97. The molecule has 0 N–H and O–H groups in total. The Hall–Kier alpha value is 1.52. The standard InChI is InChI=1S/C8H8S3.K/c9-8(10)11-6-7-4-2-1-3-5-7;/h1-5H,6H2,(H,9,10);/q;+1/p-1. The molecule has 58 valence electrons. The first-order chi connectivity index (χ1) is 5.29. The van der Waals surface area contributed by atoms with Gasteiger partial charge in [-0.25, -0.2) is 0 Å². The summed E-state index contributed by atoms with van der Waals surface area (Å²) >= 11 is 11.1. The van der Waals surface area contributed by atoms with Crippen molar-refractivity contribution in [1.29, 1.82) is 0 Å². The molecule has 12 heavy (non-hydrogen) atoms. The van der Waals surface area contributed by atoms with E-state index in [2.05, 4.69) is 12.1 Å². The van der Waals surface area contributed by atoms with Gasteiger partial charge in [0.15, 0.2) is 0 Å². The maximum atomic E-state index is 4.77. The molecule has 0 nitrogen and oxygen atoms in total. The van der Waals surface area contributed by atoms with E-state index in [0.717, 1.165) is 5.75 Å². The Kier molecular flexibility index (Phi) is 8.87. The molecule has 0 saturated carbocycles. The van der Waals surface area contributed by atoms with Gasteiger partial charge in [0.2, 0.25) is 0 Å². The van der Waals surface area contributed by atoms with Crippen LogP contribution in [-0.2, 0) is 18.4 Å². The average molecular weight is 238 g/mol. The van der Waals surface area contributed by atoms with Crippen LogP contribution in [0.3, 0.4) is 0 Å². The third-order valence-electron chi connectivity index (χ3n) is 1.20. The van der Waals surface area contributed by atoms with E-state index in [1.54, 1.807) is 0 Å². The van der Waals surface area contributed by atoms with Crippen LogP contribution in [0.4, 0.5) is 0 Å². The van der Waals surface area contributed by atoms with Gasteiger partial charge in [0.25, 0.3) is 0 Å². The molecule has 0 heterocycles. The Bertz CT molecular complexity index is 235. The van der Waals surface area contributed by atoms with Gasteiger partial charge in [-0.05, 0) is 5.56 Å². The number of thiocarbonyl (C=S) groups is 1. The summed E-state index contributed by atoms with van der Waals surface area (Å²) in [5.74, 6) is 0.892. The molecule has 1 aromatic carbocycles. The average Bonchev–Trinajstić information content (AvgIpc) is 2.03. The van der Waals surface area contributed by atoms with E-state index in [4.69, 9.17) is 24.8 Å². The van der Waals surface area contributed by atoms with E-state index < -0.39 is 0 Å². The van der Waals surface area contributed by atoms with Crippen molar-refractivity contribution in [3.8, 4) is 0 Å². The number of hydrogen-bond acceptors (Lipinski definition) is 3. The zero-order valence-corrected chi connectivity index (χ0v) is 12.4. The van der Waals surface area contributed by atoms with E-state index >= 15 is 0 Å². The molecule has 0 aliphatic heterocycles. The molecule has 1 rings (SSSR count). The van der Waals surface area contributed by atoms with Crippen molar-refractivity contribution in [2.75, 3.05) is 0 Å². The summed E-state index contributed by atoms with van der Waals surface area (Å²) in [6, 6.07) is 10.2. The molecule has 0 spiro atoms. The summed E-state index contributed by atoms with van der Waals surface area (Å²) < 4.78 is 0.592.